The van der Waals surface area contributed by atoms with Gasteiger partial charge in [0.2, 0.25) is 5.16 Å². The number of fused-ring (bicyclic) bond motifs is 1. The summed E-state index contributed by atoms with van der Waals surface area (Å²) >= 11 is 14.4. The molecule has 3 heterocycles. The van der Waals surface area contributed by atoms with Gasteiger partial charge >= 0.3 is 5.97 Å². The Hall–Kier alpha value is -4.96. The van der Waals surface area contributed by atoms with Gasteiger partial charge in [-0.2, -0.15) is 0 Å². The number of hydrogen-bond acceptors (Lipinski definition) is 12. The second-order valence-corrected chi connectivity index (χ2v) is 13.4. The van der Waals surface area contributed by atoms with Gasteiger partial charge in [0.1, 0.15) is 17.5 Å². The zero-order valence-corrected chi connectivity index (χ0v) is 29.9. The quantitative estimate of drug-likeness (QED) is 0.102. The van der Waals surface area contributed by atoms with E-state index in [0.29, 0.717) is 54.6 Å². The predicted molar refractivity (Wildman–Crippen MR) is 189 cm³/mol. The first-order valence-corrected chi connectivity index (χ1v) is 17.2. The van der Waals surface area contributed by atoms with Crippen LogP contribution in [0.3, 0.4) is 0 Å². The number of nitro groups is 1. The topological polar surface area (TPSA) is 164 Å². The van der Waals surface area contributed by atoms with Crippen LogP contribution in [0.2, 0.25) is 10.0 Å². The summed E-state index contributed by atoms with van der Waals surface area (Å²) in [5.74, 6) is 0.660. The summed E-state index contributed by atoms with van der Waals surface area (Å²) in [6.45, 7) is 3.48. The normalized spacial score (nSPS) is 14.3. The van der Waals surface area contributed by atoms with Gasteiger partial charge in [0.25, 0.3) is 11.2 Å². The molecular formula is C33H26Cl2N6O7S2. The van der Waals surface area contributed by atoms with E-state index in [9.17, 15) is 19.7 Å². The Bertz CT molecular complexity index is 2390. The highest BCUT2D eigenvalue weighted by atomic mass is 35.5. The van der Waals surface area contributed by atoms with Crippen molar-refractivity contribution in [1.29, 1.82) is 0 Å². The fraction of sp³-hybridized carbons (Fsp3) is 0.182. The van der Waals surface area contributed by atoms with E-state index >= 15 is 0 Å². The minimum atomic E-state index is -0.935. The summed E-state index contributed by atoms with van der Waals surface area (Å²) in [5, 5.41) is 20.2. The number of halogens is 2. The number of nitro benzene ring substituents is 1. The van der Waals surface area contributed by atoms with Crippen LogP contribution in [0.4, 0.5) is 5.69 Å². The number of carbonyl (C=O) groups excluding carboxylic acids is 1. The van der Waals surface area contributed by atoms with E-state index in [0.717, 1.165) is 23.1 Å². The van der Waals surface area contributed by atoms with Crippen molar-refractivity contribution in [3.63, 3.8) is 0 Å². The average molecular weight is 754 g/mol. The van der Waals surface area contributed by atoms with E-state index in [1.165, 1.54) is 24.9 Å². The van der Waals surface area contributed by atoms with E-state index in [1.807, 2.05) is 0 Å². The molecule has 3 aromatic carbocycles. The third-order valence-electron chi connectivity index (χ3n) is 7.58. The Morgan fingerprint density at radius 3 is 2.64 bits per heavy atom. The number of esters is 1. The molecule has 6 rings (SSSR count). The van der Waals surface area contributed by atoms with Crippen LogP contribution >= 0.6 is 46.3 Å². The summed E-state index contributed by atoms with van der Waals surface area (Å²) < 4.78 is 18.0. The van der Waals surface area contributed by atoms with Gasteiger partial charge in [-0.3, -0.25) is 24.6 Å². The molecule has 5 aromatic rings. The molecule has 0 amide bonds. The summed E-state index contributed by atoms with van der Waals surface area (Å²) in [6.07, 6.45) is 1.55. The highest BCUT2D eigenvalue weighted by Crippen LogP contribution is 2.38. The van der Waals surface area contributed by atoms with Gasteiger partial charge < -0.3 is 14.2 Å². The number of H-pyrrole nitrogens is 1. The molecule has 0 bridgehead atoms. The number of allylic oxidation sites excluding steroid dienone is 1. The Balaban J connectivity index is 1.40. The van der Waals surface area contributed by atoms with Crippen molar-refractivity contribution < 1.29 is 23.9 Å². The number of hydrogen-bond donors (Lipinski definition) is 1. The van der Waals surface area contributed by atoms with E-state index in [-0.39, 0.29) is 32.5 Å². The number of ether oxygens (including phenoxy) is 3. The van der Waals surface area contributed by atoms with Crippen molar-refractivity contribution in [3.8, 4) is 22.9 Å². The molecule has 0 aliphatic carbocycles. The Morgan fingerprint density at radius 2 is 1.94 bits per heavy atom. The lowest BCUT2D eigenvalue weighted by molar-refractivity contribution is -0.387. The van der Waals surface area contributed by atoms with Gasteiger partial charge in [-0.25, -0.2) is 14.8 Å². The number of carbonyl (C=O) groups is 1. The number of nitrogens with zero attached hydrogens (tertiary/aromatic N) is 5. The summed E-state index contributed by atoms with van der Waals surface area (Å²) in [4.78, 5) is 48.7. The monoisotopic (exact) mass is 752 g/mol. The molecule has 1 N–H and O–H groups in total. The average Bonchev–Trinajstić information content (AvgIpc) is 3.67. The van der Waals surface area contributed by atoms with Crippen LogP contribution < -0.4 is 24.4 Å². The van der Waals surface area contributed by atoms with Crippen molar-refractivity contribution in [1.82, 2.24) is 19.7 Å². The summed E-state index contributed by atoms with van der Waals surface area (Å²) in [5.41, 5.74) is 1.37. The van der Waals surface area contributed by atoms with Crippen molar-refractivity contribution in [2.24, 2.45) is 4.99 Å². The van der Waals surface area contributed by atoms with Gasteiger partial charge in [-0.05, 0) is 73.6 Å². The Kier molecular flexibility index (Phi) is 10.1. The third-order valence-corrected chi connectivity index (χ3v) is 10.0. The van der Waals surface area contributed by atoms with Crippen LogP contribution in [0.25, 0.3) is 17.5 Å². The van der Waals surface area contributed by atoms with E-state index < -0.39 is 22.5 Å². The molecule has 0 radical (unpaired) electrons. The first kappa shape index (κ1) is 34.9. The van der Waals surface area contributed by atoms with E-state index in [2.05, 4.69) is 20.2 Å². The number of aromatic nitrogens is 4. The van der Waals surface area contributed by atoms with Gasteiger partial charge in [-0.1, -0.05) is 40.6 Å². The molecule has 0 saturated carbocycles. The zero-order chi connectivity index (χ0) is 35.7. The lowest BCUT2D eigenvalue weighted by atomic mass is 9.95. The van der Waals surface area contributed by atoms with Crippen LogP contribution in [0.15, 0.2) is 85.7 Å². The molecule has 13 nitrogen and oxygen atoms in total. The maximum absolute atomic E-state index is 14.1. The lowest BCUT2D eigenvalue weighted by Crippen LogP contribution is -2.40. The van der Waals surface area contributed by atoms with Crippen molar-refractivity contribution in [3.05, 3.63) is 117 Å². The van der Waals surface area contributed by atoms with Crippen LogP contribution in [0, 0.1) is 10.1 Å². The highest BCUT2D eigenvalue weighted by molar-refractivity contribution is 7.99. The first-order valence-electron chi connectivity index (χ1n) is 14.8. The fourth-order valence-corrected chi connectivity index (χ4v) is 7.67. The number of rotatable bonds is 10. The molecule has 2 aromatic heterocycles. The maximum Gasteiger partial charge on any atom is 0.338 e. The number of aromatic amines is 1. The van der Waals surface area contributed by atoms with Crippen LogP contribution in [0.5, 0.6) is 11.5 Å². The molecule has 0 spiro atoms. The molecule has 1 aliphatic rings. The van der Waals surface area contributed by atoms with Gasteiger partial charge in [0, 0.05) is 28.3 Å². The molecule has 256 valence electrons. The minimum absolute atomic E-state index is 0.119. The number of methoxy groups -OCH3 is 2. The van der Waals surface area contributed by atoms with Crippen molar-refractivity contribution in [2.75, 3.05) is 20.8 Å². The minimum Gasteiger partial charge on any atom is -0.497 e. The second-order valence-electron chi connectivity index (χ2n) is 10.6. The zero-order valence-electron chi connectivity index (χ0n) is 26.7. The number of benzene rings is 3. The smallest absolute Gasteiger partial charge is 0.338 e. The first-order chi connectivity index (χ1) is 24.0. The molecule has 1 atom stereocenters. The van der Waals surface area contributed by atoms with Crippen LogP contribution in [-0.2, 0) is 9.53 Å². The molecule has 1 aliphatic heterocycles. The Labute approximate surface area is 302 Å². The van der Waals surface area contributed by atoms with Crippen molar-refractivity contribution in [2.45, 2.75) is 29.9 Å². The van der Waals surface area contributed by atoms with Gasteiger partial charge in [-0.15, -0.1) is 5.10 Å². The molecule has 50 heavy (non-hydrogen) atoms. The number of thiazole rings is 1. The molecule has 0 fully saturated rings. The molecule has 0 unspecified atom stereocenters. The van der Waals surface area contributed by atoms with E-state index in [1.54, 1.807) is 68.5 Å². The standard InChI is InChI=1S/C33H26Cl2N6O7S2/c1-5-48-31(43)27-16(2)36-33-40(28(27)21-10-8-19(46-3)15-24(21)47-4)30(42)26(50-33)13-17-6-11-25(23(12-17)41(44)45)49-32-37-29(38-39-32)20-9-7-18(34)14-22(20)35/h6-15,28H,5H2,1-4H3,(H,37,38,39)/b26-13+/t28-/m1/s1. The predicted octanol–water partition coefficient (Wildman–Crippen LogP) is 5.97. The maximum atomic E-state index is 14.1. The van der Waals surface area contributed by atoms with E-state index in [4.69, 9.17) is 37.4 Å². The SMILES string of the molecule is CCOC(=O)C1=C(C)N=c2s/c(=C/c3ccc(Sc4n[nH]c(-c5ccc(Cl)cc5Cl)n4)c([N+](=O)[O-])c3)c(=O)n2[C@@H]1c1ccc(OC)cc1OC. The van der Waals surface area contributed by atoms with Crippen LogP contribution in [0.1, 0.15) is 31.0 Å². The van der Waals surface area contributed by atoms with Gasteiger partial charge in [0.15, 0.2) is 10.6 Å². The molecule has 0 saturated heterocycles. The molecular weight excluding hydrogens is 727 g/mol. The highest BCUT2D eigenvalue weighted by Gasteiger charge is 2.35. The largest absolute Gasteiger partial charge is 0.497 e. The Morgan fingerprint density at radius 1 is 1.14 bits per heavy atom. The molecule has 17 heteroatoms. The summed E-state index contributed by atoms with van der Waals surface area (Å²) in [7, 11) is 3.00. The third kappa shape index (κ3) is 6.76. The fourth-order valence-electron chi connectivity index (χ4n) is 5.33. The second kappa shape index (κ2) is 14.5. The van der Waals surface area contributed by atoms with Crippen molar-refractivity contribution >= 4 is 64.0 Å². The lowest BCUT2D eigenvalue weighted by Gasteiger charge is -2.26. The van der Waals surface area contributed by atoms with Gasteiger partial charge in [0.05, 0.1) is 51.5 Å². The number of nitrogens with one attached hydrogen (secondary N) is 1. The summed E-state index contributed by atoms with van der Waals surface area (Å²) in [6, 6.07) is 13.7. The van der Waals surface area contributed by atoms with Crippen LogP contribution in [-0.4, -0.2) is 51.5 Å².